The molecule has 0 bridgehead atoms. The molecule has 0 atom stereocenters. The van der Waals surface area contributed by atoms with E-state index in [2.05, 4.69) is 22.2 Å². The molecule has 4 rings (SSSR count). The van der Waals surface area contributed by atoms with Crippen molar-refractivity contribution in [3.8, 4) is 22.8 Å². The van der Waals surface area contributed by atoms with Crippen LogP contribution in [-0.2, 0) is 6.42 Å². The van der Waals surface area contributed by atoms with Crippen LogP contribution in [-0.4, -0.2) is 27.6 Å². The molecule has 1 heterocycles. The van der Waals surface area contributed by atoms with Gasteiger partial charge in [-0.1, -0.05) is 42.5 Å². The fourth-order valence-corrected chi connectivity index (χ4v) is 3.90. The van der Waals surface area contributed by atoms with Crippen molar-refractivity contribution in [1.29, 1.82) is 0 Å². The monoisotopic (exact) mass is 433 g/mol. The number of phenolic OH excluding ortho intramolecular Hbond substituents is 2. The highest BCUT2D eigenvalue weighted by Crippen LogP contribution is 2.25. The van der Waals surface area contributed by atoms with E-state index in [1.807, 2.05) is 23.6 Å². The fourth-order valence-electron chi connectivity index (χ4n) is 3.04. The Hall–Kier alpha value is -3.71. The Morgan fingerprint density at radius 2 is 1.71 bits per heavy atom. The maximum Gasteiger partial charge on any atom is 0.206 e. The van der Waals surface area contributed by atoms with Gasteiger partial charge in [0.25, 0.3) is 0 Å². The Balaban J connectivity index is 1.71. The minimum Gasteiger partial charge on any atom is -0.504 e. The zero-order valence-corrected chi connectivity index (χ0v) is 17.3. The molecule has 0 aliphatic carbocycles. The van der Waals surface area contributed by atoms with Crippen LogP contribution in [0.25, 0.3) is 11.3 Å². The first kappa shape index (κ1) is 20.6. The second kappa shape index (κ2) is 9.40. The molecule has 0 radical (unpaired) electrons. The van der Waals surface area contributed by atoms with Crippen LogP contribution in [0.1, 0.15) is 11.1 Å². The number of rotatable bonds is 6. The summed E-state index contributed by atoms with van der Waals surface area (Å²) in [6, 6.07) is 21.0. The van der Waals surface area contributed by atoms with Gasteiger partial charge in [-0.15, -0.1) is 11.3 Å². The van der Waals surface area contributed by atoms with Crippen LogP contribution in [0, 0.1) is 5.82 Å². The molecule has 1 aromatic heterocycles. The first-order valence-electron chi connectivity index (χ1n) is 9.68. The second-order valence-electron chi connectivity index (χ2n) is 6.81. The molecule has 31 heavy (non-hydrogen) atoms. The number of nitrogens with zero attached hydrogens (tertiary/aromatic N) is 3. The standard InChI is InChI=1S/C24H20FN3O2S/c25-20-9-5-4-8-19(20)21-16-31-24(26-13-12-17-6-2-1-3-7-17)28(21)27-15-18-10-11-22(29)23(30)14-18/h1-11,14-16,29-30H,12-13H2. The summed E-state index contributed by atoms with van der Waals surface area (Å²) in [7, 11) is 0. The summed E-state index contributed by atoms with van der Waals surface area (Å²) in [4.78, 5) is 5.31. The Bertz CT molecular complexity index is 1280. The van der Waals surface area contributed by atoms with Gasteiger partial charge in [0, 0.05) is 17.5 Å². The van der Waals surface area contributed by atoms with Gasteiger partial charge in [-0.25, -0.2) is 9.07 Å². The predicted octanol–water partition coefficient (Wildman–Crippen LogP) is 4.79. The Morgan fingerprint density at radius 3 is 2.48 bits per heavy atom. The number of hydrogen-bond acceptors (Lipinski definition) is 5. The Labute approximate surface area is 182 Å². The average Bonchev–Trinajstić information content (AvgIpc) is 3.18. The predicted molar refractivity (Wildman–Crippen MR) is 121 cm³/mol. The number of hydrogen-bond donors (Lipinski definition) is 2. The van der Waals surface area contributed by atoms with E-state index in [1.54, 1.807) is 28.9 Å². The van der Waals surface area contributed by atoms with E-state index < -0.39 is 0 Å². The normalized spacial score (nSPS) is 12.0. The maximum atomic E-state index is 14.4. The van der Waals surface area contributed by atoms with E-state index >= 15 is 0 Å². The van der Waals surface area contributed by atoms with Crippen molar-refractivity contribution >= 4 is 17.6 Å². The molecule has 0 unspecified atom stereocenters. The Kier molecular flexibility index (Phi) is 6.24. The number of aromatic hydroxyl groups is 2. The molecule has 0 fully saturated rings. The van der Waals surface area contributed by atoms with Crippen molar-refractivity contribution in [1.82, 2.24) is 4.68 Å². The number of aromatic nitrogens is 1. The van der Waals surface area contributed by atoms with E-state index in [4.69, 9.17) is 0 Å². The van der Waals surface area contributed by atoms with E-state index in [0.717, 1.165) is 6.42 Å². The van der Waals surface area contributed by atoms with Gasteiger partial charge in [0.1, 0.15) is 5.82 Å². The molecule has 5 nitrogen and oxygen atoms in total. The van der Waals surface area contributed by atoms with Gasteiger partial charge in [-0.2, -0.15) is 5.10 Å². The first-order chi connectivity index (χ1) is 15.1. The molecule has 0 saturated carbocycles. The lowest BCUT2D eigenvalue weighted by Crippen LogP contribution is -2.13. The average molecular weight is 434 g/mol. The zero-order valence-electron chi connectivity index (χ0n) is 16.5. The Morgan fingerprint density at radius 1 is 0.935 bits per heavy atom. The first-order valence-corrected chi connectivity index (χ1v) is 10.6. The molecular weight excluding hydrogens is 413 g/mol. The number of thiazole rings is 1. The van der Waals surface area contributed by atoms with Crippen molar-refractivity contribution in [2.75, 3.05) is 6.54 Å². The highest BCUT2D eigenvalue weighted by Gasteiger charge is 2.11. The summed E-state index contributed by atoms with van der Waals surface area (Å²) in [6.45, 7) is 0.566. The fraction of sp³-hybridized carbons (Fsp3) is 0.0833. The molecule has 0 amide bonds. The van der Waals surface area contributed by atoms with Gasteiger partial charge >= 0.3 is 0 Å². The minimum absolute atomic E-state index is 0.205. The molecule has 0 saturated heterocycles. The summed E-state index contributed by atoms with van der Waals surface area (Å²) < 4.78 is 16.0. The highest BCUT2D eigenvalue weighted by molar-refractivity contribution is 7.07. The molecule has 2 N–H and O–H groups in total. The number of phenols is 2. The van der Waals surface area contributed by atoms with Crippen LogP contribution in [0.2, 0.25) is 0 Å². The summed E-state index contributed by atoms with van der Waals surface area (Å²) >= 11 is 1.38. The van der Waals surface area contributed by atoms with E-state index in [0.29, 0.717) is 28.2 Å². The van der Waals surface area contributed by atoms with Crippen LogP contribution in [0.4, 0.5) is 4.39 Å². The van der Waals surface area contributed by atoms with E-state index in [1.165, 1.54) is 41.3 Å². The van der Waals surface area contributed by atoms with Crippen molar-refractivity contribution < 1.29 is 14.6 Å². The third-order valence-corrected chi connectivity index (χ3v) is 5.50. The van der Waals surface area contributed by atoms with Gasteiger partial charge < -0.3 is 10.2 Å². The van der Waals surface area contributed by atoms with Crippen molar-refractivity contribution in [3.05, 3.63) is 99.9 Å². The molecule has 3 aromatic carbocycles. The van der Waals surface area contributed by atoms with E-state index in [-0.39, 0.29) is 17.3 Å². The molecule has 7 heteroatoms. The number of benzene rings is 3. The smallest absolute Gasteiger partial charge is 0.206 e. The lowest BCUT2D eigenvalue weighted by molar-refractivity contribution is 0.403. The third-order valence-electron chi connectivity index (χ3n) is 4.65. The number of halogens is 1. The van der Waals surface area contributed by atoms with Crippen LogP contribution in [0.3, 0.4) is 0 Å². The summed E-state index contributed by atoms with van der Waals surface area (Å²) in [5.41, 5.74) is 2.78. The topological polar surface area (TPSA) is 70.1 Å². The SMILES string of the molecule is Oc1ccc(C=Nn2c(-c3ccccc3F)csc2=NCCc2ccccc2)cc1O. The van der Waals surface area contributed by atoms with Gasteiger partial charge in [0.2, 0.25) is 4.80 Å². The minimum atomic E-state index is -0.345. The van der Waals surface area contributed by atoms with Crippen LogP contribution in [0.5, 0.6) is 11.5 Å². The van der Waals surface area contributed by atoms with Crippen molar-refractivity contribution in [3.63, 3.8) is 0 Å². The summed E-state index contributed by atoms with van der Waals surface area (Å²) in [5, 5.41) is 25.5. The van der Waals surface area contributed by atoms with Gasteiger partial charge in [-0.05, 0) is 47.9 Å². The van der Waals surface area contributed by atoms with Gasteiger partial charge in [-0.3, -0.25) is 4.99 Å². The van der Waals surface area contributed by atoms with Crippen molar-refractivity contribution in [2.24, 2.45) is 10.1 Å². The van der Waals surface area contributed by atoms with Crippen molar-refractivity contribution in [2.45, 2.75) is 6.42 Å². The van der Waals surface area contributed by atoms with Gasteiger partial charge in [0.15, 0.2) is 11.5 Å². The lowest BCUT2D eigenvalue weighted by Gasteiger charge is -2.05. The highest BCUT2D eigenvalue weighted by atomic mass is 32.1. The second-order valence-corrected chi connectivity index (χ2v) is 7.64. The molecular formula is C24H20FN3O2S. The van der Waals surface area contributed by atoms with Gasteiger partial charge in [0.05, 0.1) is 11.9 Å². The molecule has 0 spiro atoms. The van der Waals surface area contributed by atoms with Crippen LogP contribution in [0.15, 0.2) is 88.3 Å². The lowest BCUT2D eigenvalue weighted by atomic mass is 10.1. The van der Waals surface area contributed by atoms with Crippen LogP contribution >= 0.6 is 11.3 Å². The third kappa shape index (κ3) is 4.90. The molecule has 156 valence electrons. The summed E-state index contributed by atoms with van der Waals surface area (Å²) in [5.74, 6) is -0.785. The molecule has 4 aromatic rings. The quantitative estimate of drug-likeness (QED) is 0.339. The van der Waals surface area contributed by atoms with Crippen LogP contribution < -0.4 is 4.80 Å². The largest absolute Gasteiger partial charge is 0.504 e. The van der Waals surface area contributed by atoms with E-state index in [9.17, 15) is 14.6 Å². The summed E-state index contributed by atoms with van der Waals surface area (Å²) in [6.07, 6.45) is 2.32. The molecule has 0 aliphatic heterocycles. The zero-order chi connectivity index (χ0) is 21.6. The maximum absolute atomic E-state index is 14.4. The molecule has 0 aliphatic rings.